The summed E-state index contributed by atoms with van der Waals surface area (Å²) in [4.78, 5) is 0. The first-order chi connectivity index (χ1) is 15.1. The van der Waals surface area contributed by atoms with E-state index in [9.17, 15) is 5.11 Å². The lowest BCUT2D eigenvalue weighted by Gasteiger charge is -2.29. The number of hydrogen-bond acceptors (Lipinski definition) is 9. The predicted molar refractivity (Wildman–Crippen MR) is 131 cm³/mol. The second kappa shape index (κ2) is 10.9. The topological polar surface area (TPSA) is 57.2 Å². The highest BCUT2D eigenvalue weighted by molar-refractivity contribution is 8.16. The first-order valence-corrected chi connectivity index (χ1v) is 12.7. The van der Waals surface area contributed by atoms with Gasteiger partial charge in [0.25, 0.3) is 0 Å². The lowest BCUT2D eigenvalue weighted by molar-refractivity contribution is -0.0153. The molecule has 164 valence electrons. The fourth-order valence-corrected chi connectivity index (χ4v) is 6.35. The normalized spacial score (nSPS) is 23.7. The lowest BCUT2D eigenvalue weighted by Crippen LogP contribution is -2.46. The van der Waals surface area contributed by atoms with Crippen LogP contribution in [0.3, 0.4) is 0 Å². The van der Waals surface area contributed by atoms with Gasteiger partial charge in [-0.15, -0.1) is 23.5 Å². The van der Waals surface area contributed by atoms with E-state index in [2.05, 4.69) is 24.3 Å². The van der Waals surface area contributed by atoms with Crippen molar-refractivity contribution in [2.24, 2.45) is 0 Å². The third-order valence-corrected chi connectivity index (χ3v) is 8.34. The number of aliphatic hydroxyl groups is 1. The monoisotopic (exact) mass is 494 g/mol. The fourth-order valence-electron chi connectivity index (χ4n) is 3.34. The molecule has 0 spiro atoms. The Balaban J connectivity index is 1.47. The van der Waals surface area contributed by atoms with Crippen LogP contribution in [-0.4, -0.2) is 51.2 Å². The molecular formula is C22H22O5S4. The van der Waals surface area contributed by atoms with Crippen molar-refractivity contribution in [1.29, 1.82) is 0 Å². The molecule has 2 fully saturated rings. The zero-order chi connectivity index (χ0) is 21.6. The molecule has 0 aliphatic carbocycles. The molecule has 2 aromatic rings. The van der Waals surface area contributed by atoms with Crippen LogP contribution in [0, 0.1) is 0 Å². The average Bonchev–Trinajstić information content (AvgIpc) is 3.40. The highest BCUT2D eigenvalue weighted by Crippen LogP contribution is 2.37. The second-order valence-electron chi connectivity index (χ2n) is 7.08. The van der Waals surface area contributed by atoms with Gasteiger partial charge in [-0.1, -0.05) is 60.7 Å². The van der Waals surface area contributed by atoms with Gasteiger partial charge in [0.15, 0.2) is 18.3 Å². The lowest BCUT2D eigenvalue weighted by atomic mass is 10.0. The van der Waals surface area contributed by atoms with Gasteiger partial charge in [0.2, 0.25) is 0 Å². The van der Waals surface area contributed by atoms with E-state index in [1.165, 1.54) is 11.1 Å². The van der Waals surface area contributed by atoms with Crippen LogP contribution in [0.2, 0.25) is 0 Å². The van der Waals surface area contributed by atoms with Crippen molar-refractivity contribution in [3.63, 3.8) is 0 Å². The minimum Gasteiger partial charge on any atom is -0.453 e. The molecule has 2 aromatic carbocycles. The maximum absolute atomic E-state index is 11.3. The van der Waals surface area contributed by atoms with Gasteiger partial charge in [-0.3, -0.25) is 0 Å². The highest BCUT2D eigenvalue weighted by atomic mass is 32.2. The Morgan fingerprint density at radius 2 is 1.42 bits per heavy atom. The quantitative estimate of drug-likeness (QED) is 0.406. The SMILES string of the molecule is O[C@H](C(SCc1ccccc1)SCc1ccccc1)[C@H]1OC(=S)O[C@@H]1[C@H]1COC(=S)O1. The molecule has 2 heterocycles. The van der Waals surface area contributed by atoms with Crippen LogP contribution in [0.5, 0.6) is 0 Å². The molecule has 9 heteroatoms. The molecule has 1 N–H and O–H groups in total. The van der Waals surface area contributed by atoms with Crippen molar-refractivity contribution in [2.45, 2.75) is 40.5 Å². The van der Waals surface area contributed by atoms with E-state index in [0.29, 0.717) is 0 Å². The summed E-state index contributed by atoms with van der Waals surface area (Å²) in [7, 11) is 0. The Labute approximate surface area is 200 Å². The van der Waals surface area contributed by atoms with Gasteiger partial charge in [0, 0.05) is 35.9 Å². The molecular weight excluding hydrogens is 473 g/mol. The van der Waals surface area contributed by atoms with E-state index in [0.717, 1.165) is 11.5 Å². The van der Waals surface area contributed by atoms with E-state index < -0.39 is 24.4 Å². The Morgan fingerprint density at radius 3 is 1.94 bits per heavy atom. The van der Waals surface area contributed by atoms with Crippen molar-refractivity contribution >= 4 is 58.4 Å². The van der Waals surface area contributed by atoms with Crippen LogP contribution >= 0.6 is 48.0 Å². The van der Waals surface area contributed by atoms with Crippen molar-refractivity contribution < 1.29 is 24.1 Å². The molecule has 5 nitrogen and oxygen atoms in total. The molecule has 0 unspecified atom stereocenters. The predicted octanol–water partition coefficient (Wildman–Crippen LogP) is 4.31. The highest BCUT2D eigenvalue weighted by Gasteiger charge is 2.49. The van der Waals surface area contributed by atoms with Gasteiger partial charge in [0.1, 0.15) is 12.7 Å². The maximum atomic E-state index is 11.3. The number of thiocarbonyl (C=S) groups is 2. The Bertz CT molecular complexity index is 838. The van der Waals surface area contributed by atoms with Gasteiger partial charge in [0.05, 0.1) is 4.58 Å². The summed E-state index contributed by atoms with van der Waals surface area (Å²) in [5.41, 5.74) is 2.39. The number of thioether (sulfide) groups is 2. The van der Waals surface area contributed by atoms with Crippen LogP contribution in [0.4, 0.5) is 0 Å². The van der Waals surface area contributed by atoms with Crippen molar-refractivity contribution in [3.8, 4) is 0 Å². The molecule has 0 radical (unpaired) electrons. The maximum Gasteiger partial charge on any atom is 0.353 e. The zero-order valence-corrected chi connectivity index (χ0v) is 19.8. The largest absolute Gasteiger partial charge is 0.453 e. The molecule has 0 saturated carbocycles. The summed E-state index contributed by atoms with van der Waals surface area (Å²) >= 11 is 13.4. The summed E-state index contributed by atoms with van der Waals surface area (Å²) in [6.45, 7) is 0.248. The number of benzene rings is 2. The first-order valence-electron chi connectivity index (χ1n) is 9.80. The van der Waals surface area contributed by atoms with Gasteiger partial charge < -0.3 is 24.1 Å². The Hall–Kier alpha value is -1.52. The molecule has 4 atom stereocenters. The van der Waals surface area contributed by atoms with E-state index in [4.69, 9.17) is 43.4 Å². The summed E-state index contributed by atoms with van der Waals surface area (Å²) in [6.07, 6.45) is -2.56. The smallest absolute Gasteiger partial charge is 0.353 e. The third kappa shape index (κ3) is 6.04. The fraction of sp³-hybridized carbons (Fsp3) is 0.364. The van der Waals surface area contributed by atoms with Gasteiger partial charge in [-0.2, -0.15) is 0 Å². The van der Waals surface area contributed by atoms with Crippen LogP contribution in [0.25, 0.3) is 0 Å². The van der Waals surface area contributed by atoms with Crippen LogP contribution in [-0.2, 0) is 30.5 Å². The van der Waals surface area contributed by atoms with Crippen LogP contribution < -0.4 is 0 Å². The van der Waals surface area contributed by atoms with E-state index in [1.807, 2.05) is 36.4 Å². The molecule has 2 saturated heterocycles. The van der Waals surface area contributed by atoms with E-state index in [-0.39, 0.29) is 21.7 Å². The Morgan fingerprint density at radius 1 is 0.839 bits per heavy atom. The molecule has 31 heavy (non-hydrogen) atoms. The van der Waals surface area contributed by atoms with Gasteiger partial charge in [-0.25, -0.2) is 0 Å². The Kier molecular flexibility index (Phi) is 7.95. The molecule has 0 aromatic heterocycles. The van der Waals surface area contributed by atoms with E-state index in [1.54, 1.807) is 23.5 Å². The number of ether oxygens (including phenoxy) is 4. The zero-order valence-electron chi connectivity index (χ0n) is 16.5. The second-order valence-corrected chi connectivity index (χ2v) is 10.3. The number of aliphatic hydroxyl groups excluding tert-OH is 1. The summed E-state index contributed by atoms with van der Waals surface area (Å²) < 4.78 is 22.0. The van der Waals surface area contributed by atoms with Gasteiger partial charge >= 0.3 is 10.5 Å². The van der Waals surface area contributed by atoms with Crippen molar-refractivity contribution in [3.05, 3.63) is 71.8 Å². The van der Waals surface area contributed by atoms with Crippen LogP contribution in [0.1, 0.15) is 11.1 Å². The summed E-state index contributed by atoms with van der Waals surface area (Å²) in [6, 6.07) is 20.4. The standard InChI is InChI=1S/C22H22O5S4/c23-17(19-18(26-22(29)27-19)16-11-24-21(28)25-16)20(30-12-14-7-3-1-4-8-14)31-13-15-9-5-2-6-10-15/h1-10,16-20,23H,11-13H2/t16-,17+,18-,19-/m1/s1. The number of hydrogen-bond donors (Lipinski definition) is 1. The van der Waals surface area contributed by atoms with E-state index >= 15 is 0 Å². The van der Waals surface area contributed by atoms with Crippen molar-refractivity contribution in [1.82, 2.24) is 0 Å². The summed E-state index contributed by atoms with van der Waals surface area (Å²) in [5, 5.41) is 11.4. The molecule has 0 amide bonds. The molecule has 2 aliphatic heterocycles. The van der Waals surface area contributed by atoms with Crippen molar-refractivity contribution in [2.75, 3.05) is 6.61 Å². The molecule has 4 rings (SSSR count). The minimum absolute atomic E-state index is 0.00957. The summed E-state index contributed by atoms with van der Waals surface area (Å²) in [5.74, 6) is 1.53. The van der Waals surface area contributed by atoms with Gasteiger partial charge in [-0.05, 0) is 11.1 Å². The third-order valence-electron chi connectivity index (χ3n) is 4.90. The minimum atomic E-state index is -0.842. The first kappa shape index (κ1) is 22.7. The molecule has 2 aliphatic rings. The average molecular weight is 495 g/mol. The number of rotatable bonds is 9. The molecule has 0 bridgehead atoms. The van der Waals surface area contributed by atoms with Crippen LogP contribution in [0.15, 0.2) is 60.7 Å².